The minimum atomic E-state index is 0.590. The zero-order valence-electron chi connectivity index (χ0n) is 15.2. The Morgan fingerprint density at radius 3 is 2.69 bits per heavy atom. The number of fused-ring (bicyclic) bond motifs is 3. The molecule has 0 N–H and O–H groups in total. The molecule has 0 saturated carbocycles. The van der Waals surface area contributed by atoms with Gasteiger partial charge in [0.1, 0.15) is 0 Å². The summed E-state index contributed by atoms with van der Waals surface area (Å²) in [5.74, 6) is 0. The number of allylic oxidation sites excluding steroid dienone is 1. The van der Waals surface area contributed by atoms with Crippen molar-refractivity contribution in [2.45, 2.75) is 26.8 Å². The minimum absolute atomic E-state index is 0.590. The largest absolute Gasteiger partial charge is 0.320 e. The van der Waals surface area contributed by atoms with Gasteiger partial charge in [-0.15, -0.1) is 0 Å². The molecule has 0 saturated heterocycles. The fraction of sp³-hybridized carbons (Fsp3) is 0.286. The van der Waals surface area contributed by atoms with Crippen LogP contribution in [-0.4, -0.2) is 28.0 Å². The molecule has 1 aliphatic rings. The van der Waals surface area contributed by atoms with E-state index in [1.807, 2.05) is 31.3 Å². The Balaban J connectivity index is 1.93. The summed E-state index contributed by atoms with van der Waals surface area (Å²) in [6.45, 7) is 6.09. The van der Waals surface area contributed by atoms with Crippen LogP contribution in [0.25, 0.3) is 22.7 Å². The molecule has 0 spiro atoms. The highest BCUT2D eigenvalue weighted by Crippen LogP contribution is 2.36. The van der Waals surface area contributed by atoms with Gasteiger partial charge in [0.2, 0.25) is 0 Å². The Hall–Kier alpha value is -1.81. The van der Waals surface area contributed by atoms with Crippen molar-refractivity contribution in [1.29, 1.82) is 0 Å². The number of hydrogen-bond donors (Lipinski definition) is 0. The summed E-state index contributed by atoms with van der Waals surface area (Å²) in [7, 11) is 2.16. The Morgan fingerprint density at radius 1 is 1.19 bits per heavy atom. The highest BCUT2D eigenvalue weighted by atomic mass is 35.5. The van der Waals surface area contributed by atoms with E-state index in [1.54, 1.807) is 0 Å². The molecule has 2 aromatic heterocycles. The van der Waals surface area contributed by atoms with Gasteiger partial charge < -0.3 is 9.47 Å². The van der Waals surface area contributed by atoms with Crippen LogP contribution in [0.15, 0.2) is 30.5 Å². The molecule has 0 aliphatic carbocycles. The Kier molecular flexibility index (Phi) is 4.55. The summed E-state index contributed by atoms with van der Waals surface area (Å²) >= 11 is 12.7. The molecule has 1 aromatic carbocycles. The van der Waals surface area contributed by atoms with Crippen LogP contribution in [0.3, 0.4) is 0 Å². The number of halogens is 2. The lowest BCUT2D eigenvalue weighted by molar-refractivity contribution is 0.312. The van der Waals surface area contributed by atoms with Crippen molar-refractivity contribution in [3.8, 4) is 0 Å². The average molecular weight is 386 g/mol. The number of benzene rings is 1. The third-order valence-corrected chi connectivity index (χ3v) is 5.83. The summed E-state index contributed by atoms with van der Waals surface area (Å²) in [6.07, 6.45) is 5.13. The van der Waals surface area contributed by atoms with Crippen LogP contribution in [-0.2, 0) is 13.0 Å². The van der Waals surface area contributed by atoms with Crippen LogP contribution in [0.2, 0.25) is 10.0 Å². The molecule has 3 heterocycles. The van der Waals surface area contributed by atoms with Gasteiger partial charge in [0, 0.05) is 48.7 Å². The Morgan fingerprint density at radius 2 is 1.96 bits per heavy atom. The van der Waals surface area contributed by atoms with Gasteiger partial charge in [-0.2, -0.15) is 0 Å². The monoisotopic (exact) mass is 385 g/mol. The van der Waals surface area contributed by atoms with Gasteiger partial charge in [0.05, 0.1) is 15.6 Å². The van der Waals surface area contributed by atoms with Crippen LogP contribution >= 0.6 is 23.2 Å². The van der Waals surface area contributed by atoms with Crippen LogP contribution in [0.4, 0.5) is 0 Å². The topological polar surface area (TPSA) is 21.1 Å². The van der Waals surface area contributed by atoms with Crippen LogP contribution in [0.1, 0.15) is 29.4 Å². The Bertz CT molecular complexity index is 1020. The molecule has 134 valence electrons. The van der Waals surface area contributed by atoms with Gasteiger partial charge in [-0.1, -0.05) is 29.3 Å². The molecule has 0 amide bonds. The summed E-state index contributed by atoms with van der Waals surface area (Å²) in [5.41, 5.74) is 7.12. The van der Waals surface area contributed by atoms with Crippen LogP contribution in [0.5, 0.6) is 0 Å². The zero-order chi connectivity index (χ0) is 18.4. The second-order valence-electron chi connectivity index (χ2n) is 7.07. The number of aromatic nitrogens is 2. The summed E-state index contributed by atoms with van der Waals surface area (Å²) in [4.78, 5) is 6.76. The maximum atomic E-state index is 6.34. The van der Waals surface area contributed by atoms with Gasteiger partial charge in [-0.3, -0.25) is 4.98 Å². The molecule has 0 unspecified atom stereocenters. The number of likely N-dealkylation sites (N-methyl/N-ethyl adjacent to an activating group) is 1. The van der Waals surface area contributed by atoms with Gasteiger partial charge in [-0.25, -0.2) is 0 Å². The second kappa shape index (κ2) is 6.73. The van der Waals surface area contributed by atoms with Gasteiger partial charge >= 0.3 is 0 Å². The lowest BCUT2D eigenvalue weighted by Gasteiger charge is -2.23. The van der Waals surface area contributed by atoms with E-state index in [9.17, 15) is 0 Å². The van der Waals surface area contributed by atoms with E-state index in [4.69, 9.17) is 23.2 Å². The molecule has 4 rings (SSSR count). The fourth-order valence-electron chi connectivity index (χ4n) is 3.63. The summed E-state index contributed by atoms with van der Waals surface area (Å²) < 4.78 is 2.29. The molecule has 0 atom stereocenters. The summed E-state index contributed by atoms with van der Waals surface area (Å²) in [5, 5.41) is 2.38. The maximum Gasteiger partial charge on any atom is 0.0613 e. The molecule has 0 radical (unpaired) electrons. The number of nitrogens with zero attached hydrogens (tertiary/aromatic N) is 3. The van der Waals surface area contributed by atoms with Crippen molar-refractivity contribution < 1.29 is 0 Å². The first kappa shape index (κ1) is 17.6. The fourth-order valence-corrected chi connectivity index (χ4v) is 3.96. The third kappa shape index (κ3) is 3.05. The average Bonchev–Trinajstić information content (AvgIpc) is 2.88. The standard InChI is InChI=1S/C21H21Cl2N3/c1-13(15-5-4-14(2)24-10-15)11-26-20-6-7-25(3)12-17(20)16-8-18(22)19(23)9-21(16)26/h4-5,8-11H,6-7,12H2,1-3H3. The second-order valence-corrected chi connectivity index (χ2v) is 7.88. The molecular formula is C21H21Cl2N3. The number of hydrogen-bond acceptors (Lipinski definition) is 2. The molecule has 3 nitrogen and oxygen atoms in total. The molecule has 0 bridgehead atoms. The molecular weight excluding hydrogens is 365 g/mol. The Labute approximate surface area is 163 Å². The molecule has 3 aromatic rings. The SMILES string of the molecule is CC(=Cn1c2c(c3cc(Cl)c(Cl)cc31)CN(C)CC2)c1ccc(C)nc1. The van der Waals surface area contributed by atoms with Crippen molar-refractivity contribution in [2.24, 2.45) is 0 Å². The first-order chi connectivity index (χ1) is 12.4. The van der Waals surface area contributed by atoms with Gasteiger partial charge in [0.15, 0.2) is 0 Å². The highest BCUT2D eigenvalue weighted by molar-refractivity contribution is 6.42. The van der Waals surface area contributed by atoms with Crippen LogP contribution in [0, 0.1) is 6.92 Å². The van der Waals surface area contributed by atoms with Crippen molar-refractivity contribution in [1.82, 2.24) is 14.5 Å². The maximum absolute atomic E-state index is 6.34. The van der Waals surface area contributed by atoms with E-state index in [-0.39, 0.29) is 0 Å². The lowest BCUT2D eigenvalue weighted by atomic mass is 10.1. The van der Waals surface area contributed by atoms with Crippen LogP contribution < -0.4 is 0 Å². The van der Waals surface area contributed by atoms with Crippen molar-refractivity contribution in [3.63, 3.8) is 0 Å². The van der Waals surface area contributed by atoms with Gasteiger partial charge in [0.25, 0.3) is 0 Å². The smallest absolute Gasteiger partial charge is 0.0613 e. The first-order valence-electron chi connectivity index (χ1n) is 8.74. The van der Waals surface area contributed by atoms with Gasteiger partial charge in [-0.05, 0) is 55.8 Å². The van der Waals surface area contributed by atoms with E-state index < -0.39 is 0 Å². The van der Waals surface area contributed by atoms with E-state index in [1.165, 1.54) is 22.2 Å². The van der Waals surface area contributed by atoms with Crippen molar-refractivity contribution in [3.05, 3.63) is 63.0 Å². The third-order valence-electron chi connectivity index (χ3n) is 5.11. The van der Waals surface area contributed by atoms with E-state index in [2.05, 4.69) is 40.7 Å². The predicted octanol–water partition coefficient (Wildman–Crippen LogP) is 5.66. The quantitative estimate of drug-likeness (QED) is 0.567. The molecule has 0 fully saturated rings. The van der Waals surface area contributed by atoms with E-state index in [0.29, 0.717) is 10.0 Å². The number of aryl methyl sites for hydroxylation is 1. The van der Waals surface area contributed by atoms with Crippen molar-refractivity contribution in [2.75, 3.05) is 13.6 Å². The van der Waals surface area contributed by atoms with Crippen molar-refractivity contribution >= 4 is 45.9 Å². The van der Waals surface area contributed by atoms with E-state index >= 15 is 0 Å². The molecule has 5 heteroatoms. The lowest BCUT2D eigenvalue weighted by Crippen LogP contribution is -2.26. The van der Waals surface area contributed by atoms with E-state index in [0.717, 1.165) is 36.3 Å². The number of pyridine rings is 1. The molecule has 1 aliphatic heterocycles. The molecule has 26 heavy (non-hydrogen) atoms. The minimum Gasteiger partial charge on any atom is -0.320 e. The highest BCUT2D eigenvalue weighted by Gasteiger charge is 2.22. The number of rotatable bonds is 2. The predicted molar refractivity (Wildman–Crippen MR) is 111 cm³/mol. The first-order valence-corrected chi connectivity index (χ1v) is 9.50. The summed E-state index contributed by atoms with van der Waals surface area (Å²) in [6, 6.07) is 8.14. The zero-order valence-corrected chi connectivity index (χ0v) is 16.7. The normalized spacial score (nSPS) is 15.5.